The quantitative estimate of drug-likeness (QED) is 0.779. The average molecular weight is 406 g/mol. The van der Waals surface area contributed by atoms with Gasteiger partial charge in [0.25, 0.3) is 5.91 Å². The van der Waals surface area contributed by atoms with Crippen LogP contribution >= 0.6 is 0 Å². The molecular formula is C25H31N3O2. The van der Waals surface area contributed by atoms with Gasteiger partial charge >= 0.3 is 0 Å². The van der Waals surface area contributed by atoms with Gasteiger partial charge in [0.15, 0.2) is 0 Å². The van der Waals surface area contributed by atoms with Gasteiger partial charge < -0.3 is 9.88 Å². The molecule has 0 spiro atoms. The number of anilines is 1. The minimum Gasteiger partial charge on any atom is -0.356 e. The Kier molecular flexibility index (Phi) is 4.72. The normalized spacial score (nSPS) is 21.9. The first-order valence-corrected chi connectivity index (χ1v) is 11.4. The zero-order valence-corrected chi connectivity index (χ0v) is 18.2. The van der Waals surface area contributed by atoms with E-state index >= 15 is 0 Å². The van der Waals surface area contributed by atoms with E-state index < -0.39 is 0 Å². The molecule has 158 valence electrons. The molecule has 30 heavy (non-hydrogen) atoms. The van der Waals surface area contributed by atoms with Crippen LogP contribution in [0.15, 0.2) is 35.7 Å². The first-order chi connectivity index (χ1) is 14.5. The maximum atomic E-state index is 13.4. The van der Waals surface area contributed by atoms with Crippen LogP contribution in [0.2, 0.25) is 0 Å². The largest absolute Gasteiger partial charge is 0.356 e. The summed E-state index contributed by atoms with van der Waals surface area (Å²) in [5.74, 6) is 0.776. The number of benzene rings is 1. The Bertz CT molecular complexity index is 1060. The fraction of sp³-hybridized carbons (Fsp3) is 0.520. The fourth-order valence-corrected chi connectivity index (χ4v) is 5.82. The van der Waals surface area contributed by atoms with E-state index in [1.165, 1.54) is 47.6 Å². The van der Waals surface area contributed by atoms with E-state index in [2.05, 4.69) is 48.1 Å². The molecule has 2 amide bonds. The van der Waals surface area contributed by atoms with E-state index in [0.717, 1.165) is 36.3 Å². The molecule has 0 bridgehead atoms. The fourth-order valence-electron chi connectivity index (χ4n) is 5.82. The molecule has 0 saturated heterocycles. The Balaban J connectivity index is 1.72. The minimum atomic E-state index is -0.173. The molecular weight excluding hydrogens is 374 g/mol. The molecule has 5 heteroatoms. The lowest BCUT2D eigenvalue weighted by molar-refractivity contribution is -0.139. The summed E-state index contributed by atoms with van der Waals surface area (Å²) >= 11 is 0. The van der Waals surface area contributed by atoms with E-state index in [9.17, 15) is 9.59 Å². The molecule has 5 nitrogen and oxygen atoms in total. The summed E-state index contributed by atoms with van der Waals surface area (Å²) < 4.78 is 2.37. The van der Waals surface area contributed by atoms with Gasteiger partial charge in [-0.1, -0.05) is 39.2 Å². The monoisotopic (exact) mass is 405 g/mol. The Morgan fingerprint density at radius 3 is 2.67 bits per heavy atom. The molecule has 1 atom stereocenters. The van der Waals surface area contributed by atoms with Crippen LogP contribution in [0.4, 0.5) is 5.69 Å². The van der Waals surface area contributed by atoms with Crippen LogP contribution in [-0.4, -0.2) is 27.8 Å². The maximum absolute atomic E-state index is 13.4. The standard InChI is InChI=1S/C25H31N3O2/c1-15(2)12-27-13-18-22(17-8-5-4-6-9-17)24-20(14-28(16(3)29)25(24)30)26-19-10-7-11-21(27)23(18)19/h7,10-11,13,15,17,22,26H,4-6,8-9,12,14H2,1-3H3/t22-/m1/s1. The molecule has 0 radical (unpaired) electrons. The summed E-state index contributed by atoms with van der Waals surface area (Å²) in [5, 5.41) is 4.84. The van der Waals surface area contributed by atoms with Crippen molar-refractivity contribution in [3.8, 4) is 0 Å². The highest BCUT2D eigenvalue weighted by atomic mass is 16.2. The minimum absolute atomic E-state index is 0.0595. The molecule has 2 aromatic rings. The van der Waals surface area contributed by atoms with Crippen LogP contribution in [0.1, 0.15) is 64.4 Å². The van der Waals surface area contributed by atoms with Crippen LogP contribution in [0.3, 0.4) is 0 Å². The van der Waals surface area contributed by atoms with Gasteiger partial charge in [-0.15, -0.1) is 0 Å². The lowest BCUT2D eigenvalue weighted by Gasteiger charge is -2.31. The van der Waals surface area contributed by atoms with Crippen LogP contribution < -0.4 is 5.32 Å². The SMILES string of the molecule is CC(=O)N1CC2=C(C1=O)[C@H](C1CCCCC1)c1cn(CC(C)C)c3cccc(c13)N2. The van der Waals surface area contributed by atoms with Crippen molar-refractivity contribution >= 4 is 28.4 Å². The van der Waals surface area contributed by atoms with Crippen LogP contribution in [0.5, 0.6) is 0 Å². The highest BCUT2D eigenvalue weighted by molar-refractivity contribution is 6.10. The summed E-state index contributed by atoms with van der Waals surface area (Å²) in [5.41, 5.74) is 5.32. The predicted molar refractivity (Wildman–Crippen MR) is 119 cm³/mol. The second-order valence-electron chi connectivity index (χ2n) is 9.63. The molecule has 1 aromatic heterocycles. The van der Waals surface area contributed by atoms with E-state index in [1.54, 1.807) is 0 Å². The Hall–Kier alpha value is -2.56. The molecule has 1 N–H and O–H groups in total. The Labute approximate surface area is 178 Å². The summed E-state index contributed by atoms with van der Waals surface area (Å²) in [6.45, 7) is 7.29. The van der Waals surface area contributed by atoms with Gasteiger partial charge in [-0.05, 0) is 42.4 Å². The van der Waals surface area contributed by atoms with Gasteiger partial charge in [-0.25, -0.2) is 0 Å². The molecule has 1 aliphatic carbocycles. The predicted octanol–water partition coefficient (Wildman–Crippen LogP) is 5.03. The number of carbonyl (C=O) groups is 2. The number of hydrogen-bond acceptors (Lipinski definition) is 3. The van der Waals surface area contributed by atoms with Crippen molar-refractivity contribution in [2.45, 2.75) is 65.3 Å². The number of imide groups is 1. The van der Waals surface area contributed by atoms with Crippen molar-refractivity contribution < 1.29 is 9.59 Å². The molecule has 1 saturated carbocycles. The summed E-state index contributed by atoms with van der Waals surface area (Å²) in [4.78, 5) is 27.0. The molecule has 3 heterocycles. The maximum Gasteiger partial charge on any atom is 0.259 e. The topological polar surface area (TPSA) is 54.3 Å². The second kappa shape index (κ2) is 7.29. The molecule has 5 rings (SSSR count). The number of aromatic nitrogens is 1. The second-order valence-corrected chi connectivity index (χ2v) is 9.63. The van der Waals surface area contributed by atoms with Gasteiger partial charge in [0.1, 0.15) is 0 Å². The van der Waals surface area contributed by atoms with Crippen LogP contribution in [0.25, 0.3) is 10.9 Å². The third-order valence-electron chi connectivity index (χ3n) is 7.05. The highest BCUT2D eigenvalue weighted by Crippen LogP contribution is 2.49. The van der Waals surface area contributed by atoms with E-state index in [-0.39, 0.29) is 17.7 Å². The van der Waals surface area contributed by atoms with Crippen molar-refractivity contribution in [1.82, 2.24) is 9.47 Å². The average Bonchev–Trinajstić information content (AvgIpc) is 3.18. The molecule has 3 aliphatic rings. The number of carbonyl (C=O) groups excluding carboxylic acids is 2. The third kappa shape index (κ3) is 2.98. The van der Waals surface area contributed by atoms with Crippen molar-refractivity contribution in [1.29, 1.82) is 0 Å². The Morgan fingerprint density at radius 2 is 1.97 bits per heavy atom. The number of nitrogens with one attached hydrogen (secondary N) is 1. The summed E-state index contributed by atoms with van der Waals surface area (Å²) in [6.07, 6.45) is 8.32. The van der Waals surface area contributed by atoms with E-state index in [0.29, 0.717) is 18.4 Å². The molecule has 0 unspecified atom stereocenters. The third-order valence-corrected chi connectivity index (χ3v) is 7.05. The van der Waals surface area contributed by atoms with Gasteiger partial charge in [-0.3, -0.25) is 14.5 Å². The highest BCUT2D eigenvalue weighted by Gasteiger charge is 2.43. The van der Waals surface area contributed by atoms with Gasteiger partial charge in [-0.2, -0.15) is 0 Å². The first kappa shape index (κ1) is 19.4. The number of amides is 2. The number of hydrogen-bond donors (Lipinski definition) is 1. The summed E-state index contributed by atoms with van der Waals surface area (Å²) in [6, 6.07) is 6.40. The lowest BCUT2D eigenvalue weighted by Crippen LogP contribution is -2.34. The zero-order chi connectivity index (χ0) is 21.0. The summed E-state index contributed by atoms with van der Waals surface area (Å²) in [7, 11) is 0. The van der Waals surface area contributed by atoms with Crippen LogP contribution in [-0.2, 0) is 16.1 Å². The van der Waals surface area contributed by atoms with Gasteiger partial charge in [0, 0.05) is 47.9 Å². The zero-order valence-electron chi connectivity index (χ0n) is 18.2. The number of nitrogens with zero attached hydrogens (tertiary/aromatic N) is 2. The lowest BCUT2D eigenvalue weighted by atomic mass is 9.73. The van der Waals surface area contributed by atoms with Gasteiger partial charge in [0.2, 0.25) is 5.91 Å². The molecule has 2 aliphatic heterocycles. The molecule has 1 aromatic carbocycles. The first-order valence-electron chi connectivity index (χ1n) is 11.4. The van der Waals surface area contributed by atoms with Crippen molar-refractivity contribution in [3.05, 3.63) is 41.2 Å². The van der Waals surface area contributed by atoms with Crippen molar-refractivity contribution in [2.75, 3.05) is 11.9 Å². The van der Waals surface area contributed by atoms with Crippen molar-refractivity contribution in [3.63, 3.8) is 0 Å². The Morgan fingerprint density at radius 1 is 1.20 bits per heavy atom. The van der Waals surface area contributed by atoms with Gasteiger partial charge in [0.05, 0.1) is 12.1 Å². The van der Waals surface area contributed by atoms with Crippen LogP contribution in [0, 0.1) is 11.8 Å². The van der Waals surface area contributed by atoms with E-state index in [1.807, 2.05) is 0 Å². The molecule has 1 fully saturated rings. The van der Waals surface area contributed by atoms with E-state index in [4.69, 9.17) is 0 Å². The van der Waals surface area contributed by atoms with Crippen molar-refractivity contribution in [2.24, 2.45) is 11.8 Å². The smallest absolute Gasteiger partial charge is 0.259 e. The number of rotatable bonds is 3.